The smallest absolute Gasteiger partial charge is 0.0811 e. The number of rotatable bonds is 11. The largest absolute Gasteiger partial charge is 1.00 e. The number of nitrogens with zero attached hydrogens (tertiary/aromatic N) is 2. The molecule has 2 aliphatic carbocycles. The van der Waals surface area contributed by atoms with Gasteiger partial charge in [0.2, 0.25) is 0 Å². The van der Waals surface area contributed by atoms with E-state index in [1.54, 1.807) is 0 Å². The lowest BCUT2D eigenvalue weighted by molar-refractivity contribution is -0.893. The van der Waals surface area contributed by atoms with E-state index in [1.807, 2.05) is 0 Å². The third-order valence-electron chi connectivity index (χ3n) is 5.18. The zero-order valence-corrected chi connectivity index (χ0v) is 19.6. The first kappa shape index (κ1) is 23.4. The summed E-state index contributed by atoms with van der Waals surface area (Å²) in [4.78, 5) is 0. The van der Waals surface area contributed by atoms with Gasteiger partial charge in [-0.1, -0.05) is 0 Å². The maximum absolute atomic E-state index is 2.42. The first-order chi connectivity index (χ1) is 9.36. The van der Waals surface area contributed by atoms with Gasteiger partial charge in [0.15, 0.2) is 0 Å². The summed E-state index contributed by atoms with van der Waals surface area (Å²) in [6.45, 7) is 5.62. The fraction of sp³-hybridized carbons (Fsp3) is 1.00. The molecular weight excluding hydrogens is 498 g/mol. The SMILES string of the molecule is C[N+](C)(CCCCCC[N+](C)(C)CC1CC1)CC1CC1.[I-].[I-]. The Morgan fingerprint density at radius 3 is 1.18 bits per heavy atom. The minimum atomic E-state index is 0. The average molecular weight is 536 g/mol. The van der Waals surface area contributed by atoms with Crippen LogP contribution in [0.4, 0.5) is 0 Å². The molecule has 0 heterocycles. The maximum atomic E-state index is 2.42. The molecular formula is C18H38I2N2. The van der Waals surface area contributed by atoms with Crippen molar-refractivity contribution in [3.05, 3.63) is 0 Å². The van der Waals surface area contributed by atoms with E-state index in [4.69, 9.17) is 0 Å². The van der Waals surface area contributed by atoms with E-state index < -0.39 is 0 Å². The number of unbranched alkanes of at least 4 members (excludes halogenated alkanes) is 3. The Labute approximate surface area is 173 Å². The molecule has 0 saturated heterocycles. The fourth-order valence-corrected chi connectivity index (χ4v) is 3.61. The van der Waals surface area contributed by atoms with Gasteiger partial charge in [0, 0.05) is 11.8 Å². The highest BCUT2D eigenvalue weighted by Gasteiger charge is 2.30. The molecule has 0 aliphatic heterocycles. The lowest BCUT2D eigenvalue weighted by atomic mass is 10.1. The molecule has 2 rings (SSSR count). The molecule has 0 aromatic carbocycles. The van der Waals surface area contributed by atoms with E-state index in [2.05, 4.69) is 28.2 Å². The minimum Gasteiger partial charge on any atom is -1.00 e. The van der Waals surface area contributed by atoms with Crippen LogP contribution in [-0.2, 0) is 0 Å². The van der Waals surface area contributed by atoms with E-state index in [9.17, 15) is 0 Å². The van der Waals surface area contributed by atoms with Gasteiger partial charge in [-0.2, -0.15) is 0 Å². The topological polar surface area (TPSA) is 0 Å². The Bertz CT molecular complexity index is 267. The predicted octanol–water partition coefficient (Wildman–Crippen LogP) is -2.47. The molecule has 0 bridgehead atoms. The van der Waals surface area contributed by atoms with Crippen LogP contribution in [0.25, 0.3) is 0 Å². The summed E-state index contributed by atoms with van der Waals surface area (Å²) in [6.07, 6.45) is 11.7. The first-order valence-electron chi connectivity index (χ1n) is 9.00. The molecule has 0 aromatic rings. The first-order valence-corrected chi connectivity index (χ1v) is 9.00. The molecule has 2 aliphatic rings. The predicted molar refractivity (Wildman–Crippen MR) is 87.6 cm³/mol. The van der Waals surface area contributed by atoms with Crippen LogP contribution < -0.4 is 48.0 Å². The van der Waals surface area contributed by atoms with Crippen LogP contribution in [0.2, 0.25) is 0 Å². The molecule has 2 nitrogen and oxygen atoms in total. The van der Waals surface area contributed by atoms with E-state index in [0.717, 1.165) is 11.8 Å². The van der Waals surface area contributed by atoms with Crippen molar-refractivity contribution in [2.24, 2.45) is 11.8 Å². The monoisotopic (exact) mass is 536 g/mol. The quantitative estimate of drug-likeness (QED) is 0.156. The van der Waals surface area contributed by atoms with Crippen molar-refractivity contribution in [3.63, 3.8) is 0 Å². The summed E-state index contributed by atoms with van der Waals surface area (Å²) in [5.41, 5.74) is 0. The summed E-state index contributed by atoms with van der Waals surface area (Å²) in [7, 11) is 9.70. The van der Waals surface area contributed by atoms with Gasteiger partial charge in [-0.3, -0.25) is 0 Å². The van der Waals surface area contributed by atoms with Crippen molar-refractivity contribution >= 4 is 0 Å². The highest BCUT2D eigenvalue weighted by atomic mass is 127. The zero-order valence-electron chi connectivity index (χ0n) is 15.3. The molecule has 0 unspecified atom stereocenters. The molecule has 0 amide bonds. The number of quaternary nitrogens is 2. The van der Waals surface area contributed by atoms with Crippen molar-refractivity contribution < 1.29 is 56.9 Å². The second-order valence-corrected chi connectivity index (χ2v) is 8.98. The molecule has 2 saturated carbocycles. The molecule has 0 aromatic heterocycles. The number of hydrogen-bond acceptors (Lipinski definition) is 0. The Morgan fingerprint density at radius 2 is 0.909 bits per heavy atom. The second-order valence-electron chi connectivity index (χ2n) is 8.98. The van der Waals surface area contributed by atoms with Gasteiger partial charge in [-0.15, -0.1) is 0 Å². The lowest BCUT2D eigenvalue weighted by Crippen LogP contribution is -3.00. The third-order valence-corrected chi connectivity index (χ3v) is 5.18. The molecule has 2 fully saturated rings. The van der Waals surface area contributed by atoms with Gasteiger partial charge in [0.05, 0.1) is 54.4 Å². The second kappa shape index (κ2) is 10.4. The molecule has 0 spiro atoms. The normalized spacial score (nSPS) is 18.5. The van der Waals surface area contributed by atoms with Crippen LogP contribution in [0.15, 0.2) is 0 Å². The van der Waals surface area contributed by atoms with Crippen LogP contribution in [0.5, 0.6) is 0 Å². The molecule has 22 heavy (non-hydrogen) atoms. The lowest BCUT2D eigenvalue weighted by Gasteiger charge is -2.31. The number of hydrogen-bond donors (Lipinski definition) is 0. The molecule has 0 radical (unpaired) electrons. The van der Waals surface area contributed by atoms with Gasteiger partial charge < -0.3 is 56.9 Å². The fourth-order valence-electron chi connectivity index (χ4n) is 3.61. The molecule has 134 valence electrons. The van der Waals surface area contributed by atoms with Crippen molar-refractivity contribution in [1.82, 2.24) is 0 Å². The van der Waals surface area contributed by atoms with Gasteiger partial charge in [0.1, 0.15) is 0 Å². The van der Waals surface area contributed by atoms with Gasteiger partial charge in [0.25, 0.3) is 0 Å². The summed E-state index contributed by atoms with van der Waals surface area (Å²) in [6, 6.07) is 0. The highest BCUT2D eigenvalue weighted by molar-refractivity contribution is 4.72. The average Bonchev–Trinajstić information content (AvgIpc) is 3.20. The minimum absolute atomic E-state index is 0. The summed E-state index contributed by atoms with van der Waals surface area (Å²) in [5.74, 6) is 2.12. The Kier molecular flexibility index (Phi) is 11.0. The number of halogens is 2. The van der Waals surface area contributed by atoms with Gasteiger partial charge in [-0.05, 0) is 51.4 Å². The van der Waals surface area contributed by atoms with Crippen molar-refractivity contribution in [1.29, 1.82) is 0 Å². The van der Waals surface area contributed by atoms with E-state index >= 15 is 0 Å². The molecule has 4 heteroatoms. The zero-order chi connectivity index (χ0) is 14.6. The van der Waals surface area contributed by atoms with E-state index in [1.165, 1.54) is 86.5 Å². The van der Waals surface area contributed by atoms with E-state index in [0.29, 0.717) is 0 Å². The van der Waals surface area contributed by atoms with Crippen LogP contribution in [0.1, 0.15) is 51.4 Å². The summed E-state index contributed by atoms with van der Waals surface area (Å²) < 4.78 is 2.52. The van der Waals surface area contributed by atoms with Gasteiger partial charge >= 0.3 is 0 Å². The molecule has 0 N–H and O–H groups in total. The Balaban J connectivity index is 0.00000220. The summed E-state index contributed by atoms with van der Waals surface area (Å²) in [5, 5.41) is 0. The maximum Gasteiger partial charge on any atom is 0.0811 e. The Morgan fingerprint density at radius 1 is 0.591 bits per heavy atom. The van der Waals surface area contributed by atoms with Crippen LogP contribution >= 0.6 is 0 Å². The van der Waals surface area contributed by atoms with Crippen LogP contribution in [-0.4, -0.2) is 63.3 Å². The standard InChI is InChI=1S/C18H38N2.2HI/c1-19(2,15-17-9-10-17)13-7-5-6-8-14-20(3,4)16-18-11-12-18;;/h17-18H,5-16H2,1-4H3;2*1H/q+2;;/p-2. The summed E-state index contributed by atoms with van der Waals surface area (Å²) >= 11 is 0. The van der Waals surface area contributed by atoms with Crippen LogP contribution in [0.3, 0.4) is 0 Å². The van der Waals surface area contributed by atoms with Crippen molar-refractivity contribution in [2.45, 2.75) is 51.4 Å². The third kappa shape index (κ3) is 11.0. The molecule has 0 atom stereocenters. The highest BCUT2D eigenvalue weighted by Crippen LogP contribution is 2.32. The van der Waals surface area contributed by atoms with E-state index in [-0.39, 0.29) is 48.0 Å². The van der Waals surface area contributed by atoms with Crippen molar-refractivity contribution in [3.8, 4) is 0 Å². The van der Waals surface area contributed by atoms with Gasteiger partial charge in [-0.25, -0.2) is 0 Å². The van der Waals surface area contributed by atoms with Crippen molar-refractivity contribution in [2.75, 3.05) is 54.4 Å². The Hall–Kier alpha value is 1.38. The van der Waals surface area contributed by atoms with Crippen LogP contribution in [0, 0.1) is 11.8 Å².